The largest absolute Gasteiger partial charge is 0.399 e. The fourth-order valence-electron chi connectivity index (χ4n) is 3.11. The standard InChI is InChI=1S/C26H22N4O/c27-22-14-12-21(13-15-22)24-18-28-26(30-25(31)17-20-9-5-2-6-10-20)23(29-24)16-11-19-7-3-1-4-8-19/h1-16,18H,17,27H2,(H,28,30,31)/b16-11+. The fraction of sp³-hybridized carbons (Fsp3) is 0.0385. The number of anilines is 2. The highest BCUT2D eigenvalue weighted by molar-refractivity contribution is 5.93. The zero-order chi connectivity index (χ0) is 21.5. The highest BCUT2D eigenvalue weighted by atomic mass is 16.1. The summed E-state index contributed by atoms with van der Waals surface area (Å²) in [4.78, 5) is 21.8. The SMILES string of the molecule is Nc1ccc(-c2cnc(NC(=O)Cc3ccccc3)c(/C=C/c3ccccc3)n2)cc1. The Bertz CT molecular complexity index is 1190. The molecular weight excluding hydrogens is 384 g/mol. The number of hydrogen-bond acceptors (Lipinski definition) is 4. The summed E-state index contributed by atoms with van der Waals surface area (Å²) in [7, 11) is 0. The minimum absolute atomic E-state index is 0.143. The van der Waals surface area contributed by atoms with Crippen LogP contribution in [0.5, 0.6) is 0 Å². The van der Waals surface area contributed by atoms with Gasteiger partial charge in [-0.2, -0.15) is 0 Å². The summed E-state index contributed by atoms with van der Waals surface area (Å²) in [6.45, 7) is 0. The summed E-state index contributed by atoms with van der Waals surface area (Å²) >= 11 is 0. The van der Waals surface area contributed by atoms with Crippen molar-refractivity contribution in [2.45, 2.75) is 6.42 Å². The molecular formula is C26H22N4O. The van der Waals surface area contributed by atoms with Crippen molar-refractivity contribution in [1.82, 2.24) is 9.97 Å². The Morgan fingerprint density at radius 3 is 2.26 bits per heavy atom. The lowest BCUT2D eigenvalue weighted by Crippen LogP contribution is -2.16. The number of nitrogens with zero attached hydrogens (tertiary/aromatic N) is 2. The average Bonchev–Trinajstić information content (AvgIpc) is 2.80. The van der Waals surface area contributed by atoms with Crippen LogP contribution in [0.15, 0.2) is 91.1 Å². The minimum atomic E-state index is -0.143. The number of rotatable bonds is 6. The van der Waals surface area contributed by atoms with E-state index in [9.17, 15) is 4.79 Å². The molecule has 5 nitrogen and oxygen atoms in total. The Labute approximate surface area is 181 Å². The van der Waals surface area contributed by atoms with Crippen LogP contribution in [0.4, 0.5) is 11.5 Å². The Kier molecular flexibility index (Phi) is 6.14. The van der Waals surface area contributed by atoms with Crippen molar-refractivity contribution in [3.05, 3.63) is 108 Å². The molecule has 1 aromatic heterocycles. The molecule has 152 valence electrons. The van der Waals surface area contributed by atoms with Crippen LogP contribution in [0.1, 0.15) is 16.8 Å². The molecule has 31 heavy (non-hydrogen) atoms. The van der Waals surface area contributed by atoms with Gasteiger partial charge in [-0.15, -0.1) is 0 Å². The number of benzene rings is 3. The van der Waals surface area contributed by atoms with Gasteiger partial charge in [-0.05, 0) is 29.3 Å². The molecule has 3 N–H and O–H groups in total. The topological polar surface area (TPSA) is 80.9 Å². The highest BCUT2D eigenvalue weighted by Crippen LogP contribution is 2.22. The summed E-state index contributed by atoms with van der Waals surface area (Å²) in [6.07, 6.45) is 5.73. The van der Waals surface area contributed by atoms with Gasteiger partial charge in [0.2, 0.25) is 5.91 Å². The number of aromatic nitrogens is 2. The molecule has 0 aliphatic heterocycles. The van der Waals surface area contributed by atoms with E-state index in [0.717, 1.165) is 16.7 Å². The van der Waals surface area contributed by atoms with Crippen LogP contribution in [0.25, 0.3) is 23.4 Å². The fourth-order valence-corrected chi connectivity index (χ4v) is 3.11. The molecule has 0 bridgehead atoms. The monoisotopic (exact) mass is 406 g/mol. The number of carbonyl (C=O) groups excluding carboxylic acids is 1. The van der Waals surface area contributed by atoms with Gasteiger partial charge >= 0.3 is 0 Å². The van der Waals surface area contributed by atoms with Gasteiger partial charge in [-0.25, -0.2) is 9.97 Å². The van der Waals surface area contributed by atoms with Crippen LogP contribution in [0, 0.1) is 0 Å². The molecule has 0 radical (unpaired) electrons. The molecule has 0 saturated heterocycles. The van der Waals surface area contributed by atoms with Crippen LogP contribution in [0.3, 0.4) is 0 Å². The van der Waals surface area contributed by atoms with Crippen molar-refractivity contribution in [3.8, 4) is 11.3 Å². The molecule has 0 fully saturated rings. The molecule has 5 heteroatoms. The Balaban J connectivity index is 1.63. The normalized spacial score (nSPS) is 10.8. The molecule has 0 atom stereocenters. The molecule has 4 rings (SSSR count). The summed E-state index contributed by atoms with van der Waals surface area (Å²) in [5.41, 5.74) is 10.6. The van der Waals surface area contributed by atoms with Gasteiger partial charge in [-0.1, -0.05) is 78.9 Å². The Morgan fingerprint density at radius 2 is 1.55 bits per heavy atom. The van der Waals surface area contributed by atoms with Gasteiger partial charge in [0.1, 0.15) is 5.69 Å². The van der Waals surface area contributed by atoms with E-state index in [4.69, 9.17) is 10.7 Å². The average molecular weight is 406 g/mol. The smallest absolute Gasteiger partial charge is 0.230 e. The van der Waals surface area contributed by atoms with E-state index in [2.05, 4.69) is 10.3 Å². The van der Waals surface area contributed by atoms with Crippen molar-refractivity contribution in [2.75, 3.05) is 11.1 Å². The van der Waals surface area contributed by atoms with Crippen molar-refractivity contribution in [2.24, 2.45) is 0 Å². The second kappa shape index (κ2) is 9.50. The Hall–Kier alpha value is -4.25. The number of carbonyl (C=O) groups is 1. The van der Waals surface area contributed by atoms with E-state index in [1.165, 1.54) is 0 Å². The van der Waals surface area contributed by atoms with Crippen LogP contribution in [-0.4, -0.2) is 15.9 Å². The summed E-state index contributed by atoms with van der Waals surface area (Å²) in [5, 5.41) is 2.90. The zero-order valence-corrected chi connectivity index (χ0v) is 16.9. The van der Waals surface area contributed by atoms with Gasteiger partial charge in [-0.3, -0.25) is 4.79 Å². The van der Waals surface area contributed by atoms with Crippen LogP contribution in [-0.2, 0) is 11.2 Å². The van der Waals surface area contributed by atoms with Crippen molar-refractivity contribution < 1.29 is 4.79 Å². The molecule has 3 aromatic carbocycles. The third-order valence-electron chi connectivity index (χ3n) is 4.70. The first-order valence-corrected chi connectivity index (χ1v) is 9.97. The molecule has 0 spiro atoms. The van der Waals surface area contributed by atoms with Crippen molar-refractivity contribution >= 4 is 29.6 Å². The van der Waals surface area contributed by atoms with Crippen molar-refractivity contribution in [1.29, 1.82) is 0 Å². The van der Waals surface area contributed by atoms with E-state index in [1.807, 2.05) is 97.1 Å². The summed E-state index contributed by atoms with van der Waals surface area (Å²) in [6, 6.07) is 27.0. The molecule has 0 saturated carbocycles. The van der Waals surface area contributed by atoms with Gasteiger partial charge < -0.3 is 11.1 Å². The lowest BCUT2D eigenvalue weighted by Gasteiger charge is -2.10. The van der Waals surface area contributed by atoms with E-state index >= 15 is 0 Å². The highest BCUT2D eigenvalue weighted by Gasteiger charge is 2.11. The molecule has 0 aliphatic carbocycles. The number of amides is 1. The van der Waals surface area contributed by atoms with Crippen LogP contribution < -0.4 is 11.1 Å². The quantitative estimate of drug-likeness (QED) is 0.438. The molecule has 1 amide bonds. The van der Waals surface area contributed by atoms with Gasteiger partial charge in [0.05, 0.1) is 18.3 Å². The number of nitrogens with two attached hydrogens (primary N) is 1. The first kappa shape index (κ1) is 20.0. The zero-order valence-electron chi connectivity index (χ0n) is 16.9. The number of nitrogen functional groups attached to an aromatic ring is 1. The predicted molar refractivity (Wildman–Crippen MR) is 126 cm³/mol. The van der Waals surface area contributed by atoms with Gasteiger partial charge in [0.25, 0.3) is 0 Å². The maximum absolute atomic E-state index is 12.6. The Morgan fingerprint density at radius 1 is 0.871 bits per heavy atom. The first-order valence-electron chi connectivity index (χ1n) is 9.97. The molecule has 0 unspecified atom stereocenters. The lowest BCUT2D eigenvalue weighted by molar-refractivity contribution is -0.115. The maximum Gasteiger partial charge on any atom is 0.230 e. The van der Waals surface area contributed by atoms with Crippen LogP contribution >= 0.6 is 0 Å². The lowest BCUT2D eigenvalue weighted by atomic mass is 10.1. The van der Waals surface area contributed by atoms with Crippen LogP contribution in [0.2, 0.25) is 0 Å². The third-order valence-corrected chi connectivity index (χ3v) is 4.70. The maximum atomic E-state index is 12.6. The minimum Gasteiger partial charge on any atom is -0.399 e. The van der Waals surface area contributed by atoms with E-state index in [1.54, 1.807) is 6.20 Å². The van der Waals surface area contributed by atoms with E-state index in [0.29, 0.717) is 22.9 Å². The first-order chi connectivity index (χ1) is 15.2. The van der Waals surface area contributed by atoms with Gasteiger partial charge in [0.15, 0.2) is 5.82 Å². The third kappa shape index (κ3) is 5.42. The second-order valence-corrected chi connectivity index (χ2v) is 7.07. The molecule has 4 aromatic rings. The summed E-state index contributed by atoms with van der Waals surface area (Å²) in [5.74, 6) is 0.280. The predicted octanol–water partition coefficient (Wildman–Crippen LogP) is 5.08. The second-order valence-electron chi connectivity index (χ2n) is 7.07. The number of hydrogen-bond donors (Lipinski definition) is 2. The van der Waals surface area contributed by atoms with Gasteiger partial charge in [0, 0.05) is 11.3 Å². The van der Waals surface area contributed by atoms with Crippen molar-refractivity contribution in [3.63, 3.8) is 0 Å². The number of nitrogens with one attached hydrogen (secondary N) is 1. The molecule has 1 heterocycles. The summed E-state index contributed by atoms with van der Waals surface area (Å²) < 4.78 is 0. The van der Waals surface area contributed by atoms with E-state index < -0.39 is 0 Å². The van der Waals surface area contributed by atoms with E-state index in [-0.39, 0.29) is 12.3 Å². The molecule has 0 aliphatic rings.